The van der Waals surface area contributed by atoms with Gasteiger partial charge >= 0.3 is 0 Å². The predicted molar refractivity (Wildman–Crippen MR) is 120 cm³/mol. The third kappa shape index (κ3) is 6.18. The van der Waals surface area contributed by atoms with E-state index in [0.29, 0.717) is 21.7 Å². The van der Waals surface area contributed by atoms with Gasteiger partial charge in [-0.05, 0) is 59.7 Å². The lowest BCUT2D eigenvalue weighted by Crippen LogP contribution is -2.17. The first-order valence-corrected chi connectivity index (χ1v) is 9.91. The summed E-state index contributed by atoms with van der Waals surface area (Å²) in [7, 11) is 0. The van der Waals surface area contributed by atoms with E-state index in [2.05, 4.69) is 10.5 Å². The maximum Gasteiger partial charge on any atom is 0.271 e. The van der Waals surface area contributed by atoms with E-state index in [1.165, 1.54) is 18.3 Å². The molecule has 0 saturated carbocycles. The van der Waals surface area contributed by atoms with Crippen molar-refractivity contribution in [3.63, 3.8) is 0 Å². The molecule has 0 bridgehead atoms. The molecule has 0 aromatic heterocycles. The Balaban J connectivity index is 1.62. The van der Waals surface area contributed by atoms with Crippen molar-refractivity contribution in [2.24, 2.45) is 5.10 Å². The summed E-state index contributed by atoms with van der Waals surface area (Å²) in [6.07, 6.45) is 1.39. The number of nitrogens with one attached hydrogen (secondary N) is 1. The van der Waals surface area contributed by atoms with Gasteiger partial charge in [-0.25, -0.2) is 5.43 Å². The molecule has 0 unspecified atom stereocenters. The van der Waals surface area contributed by atoms with Gasteiger partial charge in [0.2, 0.25) is 0 Å². The van der Waals surface area contributed by atoms with Crippen LogP contribution in [-0.4, -0.2) is 17.0 Å². The molecule has 10 heteroatoms. The highest BCUT2D eigenvalue weighted by molar-refractivity contribution is 6.37. The number of hydrazone groups is 1. The van der Waals surface area contributed by atoms with Crippen LogP contribution in [0.4, 0.5) is 5.69 Å². The van der Waals surface area contributed by atoms with Crippen LogP contribution in [0, 0.1) is 10.1 Å². The van der Waals surface area contributed by atoms with E-state index >= 15 is 0 Å². The molecule has 1 amide bonds. The number of amides is 1. The zero-order chi connectivity index (χ0) is 22.4. The van der Waals surface area contributed by atoms with E-state index in [0.717, 1.165) is 0 Å². The third-order valence-corrected chi connectivity index (χ3v) is 4.85. The minimum atomic E-state index is -0.476. The SMILES string of the molecule is O=C(N/N=C\c1cc(Cl)c(OCc2ccc([N+](=O)[O-])cc2)c(Cl)c1)c1ccc(Cl)cc1. The van der Waals surface area contributed by atoms with Gasteiger partial charge in [0.25, 0.3) is 11.6 Å². The third-order valence-electron chi connectivity index (χ3n) is 4.04. The van der Waals surface area contributed by atoms with Gasteiger partial charge in [-0.3, -0.25) is 14.9 Å². The minimum absolute atomic E-state index is 0.00777. The molecular weight excluding hydrogens is 465 g/mol. The number of carbonyl (C=O) groups excluding carboxylic acids is 1. The first-order chi connectivity index (χ1) is 14.8. The van der Waals surface area contributed by atoms with Crippen molar-refractivity contribution in [2.45, 2.75) is 6.61 Å². The average molecular weight is 479 g/mol. The Hall–Kier alpha value is -3.13. The Bertz CT molecular complexity index is 1110. The zero-order valence-electron chi connectivity index (χ0n) is 15.7. The number of hydrogen-bond acceptors (Lipinski definition) is 5. The van der Waals surface area contributed by atoms with Gasteiger partial charge in [0.05, 0.1) is 21.2 Å². The van der Waals surface area contributed by atoms with Crippen LogP contribution in [0.15, 0.2) is 65.8 Å². The monoisotopic (exact) mass is 477 g/mol. The lowest BCUT2D eigenvalue weighted by Gasteiger charge is -2.11. The fourth-order valence-corrected chi connectivity index (χ4v) is 3.23. The van der Waals surface area contributed by atoms with Crippen molar-refractivity contribution in [3.05, 3.63) is 103 Å². The Morgan fingerprint density at radius 3 is 2.23 bits per heavy atom. The number of rotatable bonds is 7. The molecule has 0 aliphatic heterocycles. The molecule has 3 rings (SSSR count). The molecule has 31 heavy (non-hydrogen) atoms. The second-order valence-corrected chi connectivity index (χ2v) is 7.48. The molecule has 3 aromatic rings. The fourth-order valence-electron chi connectivity index (χ4n) is 2.49. The molecule has 0 fully saturated rings. The van der Waals surface area contributed by atoms with E-state index in [1.54, 1.807) is 48.5 Å². The Morgan fingerprint density at radius 1 is 1.03 bits per heavy atom. The van der Waals surface area contributed by atoms with Crippen molar-refractivity contribution >= 4 is 52.6 Å². The summed E-state index contributed by atoms with van der Waals surface area (Å²) in [5, 5.41) is 15.6. The number of nitrogens with zero attached hydrogens (tertiary/aromatic N) is 2. The average Bonchev–Trinajstić information content (AvgIpc) is 2.74. The van der Waals surface area contributed by atoms with Crippen LogP contribution in [0.5, 0.6) is 5.75 Å². The zero-order valence-corrected chi connectivity index (χ0v) is 18.0. The van der Waals surface area contributed by atoms with Crippen LogP contribution in [0.25, 0.3) is 0 Å². The summed E-state index contributed by atoms with van der Waals surface area (Å²) in [5.74, 6) is -0.128. The van der Waals surface area contributed by atoms with Crippen LogP contribution in [0.3, 0.4) is 0 Å². The highest BCUT2D eigenvalue weighted by Crippen LogP contribution is 2.34. The molecule has 0 saturated heterocycles. The number of nitro benzene ring substituents is 1. The van der Waals surface area contributed by atoms with Gasteiger partial charge in [-0.1, -0.05) is 34.8 Å². The second kappa shape index (κ2) is 10.3. The number of non-ortho nitro benzene ring substituents is 1. The van der Waals surface area contributed by atoms with E-state index < -0.39 is 10.8 Å². The molecule has 0 aliphatic carbocycles. The van der Waals surface area contributed by atoms with Crippen LogP contribution in [-0.2, 0) is 6.61 Å². The maximum atomic E-state index is 12.0. The van der Waals surface area contributed by atoms with E-state index in [1.807, 2.05) is 0 Å². The lowest BCUT2D eigenvalue weighted by atomic mass is 10.2. The maximum absolute atomic E-state index is 12.0. The van der Waals surface area contributed by atoms with Crippen LogP contribution < -0.4 is 10.2 Å². The standard InChI is InChI=1S/C21H14Cl3N3O4/c22-16-5-3-15(4-6-16)21(28)26-25-11-14-9-18(23)20(19(24)10-14)31-12-13-1-7-17(8-2-13)27(29)30/h1-11H,12H2,(H,26,28)/b25-11-. The lowest BCUT2D eigenvalue weighted by molar-refractivity contribution is -0.384. The molecule has 0 atom stereocenters. The number of carbonyl (C=O) groups is 1. The molecule has 1 N–H and O–H groups in total. The van der Waals surface area contributed by atoms with Crippen LogP contribution >= 0.6 is 34.8 Å². The highest BCUT2D eigenvalue weighted by atomic mass is 35.5. The first-order valence-electron chi connectivity index (χ1n) is 8.77. The largest absolute Gasteiger partial charge is 0.486 e. The van der Waals surface area contributed by atoms with Crippen molar-refractivity contribution in [1.82, 2.24) is 5.43 Å². The summed E-state index contributed by atoms with van der Waals surface area (Å²) in [4.78, 5) is 22.3. The molecule has 0 radical (unpaired) electrons. The van der Waals surface area contributed by atoms with E-state index in [4.69, 9.17) is 39.5 Å². The number of benzene rings is 3. The molecule has 0 spiro atoms. The van der Waals surface area contributed by atoms with Crippen molar-refractivity contribution in [1.29, 1.82) is 0 Å². The van der Waals surface area contributed by atoms with Gasteiger partial charge in [0.15, 0.2) is 5.75 Å². The highest BCUT2D eigenvalue weighted by Gasteiger charge is 2.11. The van der Waals surface area contributed by atoms with Crippen LogP contribution in [0.1, 0.15) is 21.5 Å². The molecule has 3 aromatic carbocycles. The smallest absolute Gasteiger partial charge is 0.271 e. The fraction of sp³-hybridized carbons (Fsp3) is 0.0476. The predicted octanol–water partition coefficient (Wildman–Crippen LogP) is 5.90. The van der Waals surface area contributed by atoms with Gasteiger partial charge in [-0.15, -0.1) is 0 Å². The van der Waals surface area contributed by atoms with Crippen molar-refractivity contribution in [2.75, 3.05) is 0 Å². The first kappa shape index (κ1) is 22.6. The summed E-state index contributed by atoms with van der Waals surface area (Å²) < 4.78 is 5.66. The summed E-state index contributed by atoms with van der Waals surface area (Å²) in [6.45, 7) is 0.127. The minimum Gasteiger partial charge on any atom is -0.486 e. The second-order valence-electron chi connectivity index (χ2n) is 6.23. The molecule has 7 nitrogen and oxygen atoms in total. The van der Waals surface area contributed by atoms with E-state index in [-0.39, 0.29) is 28.1 Å². The Morgan fingerprint density at radius 2 is 1.65 bits per heavy atom. The molecular formula is C21H14Cl3N3O4. The number of halogens is 3. The Labute approximate surface area is 192 Å². The molecule has 158 valence electrons. The summed E-state index contributed by atoms with van der Waals surface area (Å²) in [6, 6.07) is 15.5. The van der Waals surface area contributed by atoms with Crippen molar-refractivity contribution in [3.8, 4) is 5.75 Å². The summed E-state index contributed by atoms with van der Waals surface area (Å²) in [5.41, 5.74) is 4.07. The van der Waals surface area contributed by atoms with E-state index in [9.17, 15) is 14.9 Å². The quantitative estimate of drug-likeness (QED) is 0.260. The topological polar surface area (TPSA) is 93.8 Å². The molecule has 0 aliphatic rings. The normalized spacial score (nSPS) is 10.8. The number of nitro groups is 1. The number of ether oxygens (including phenoxy) is 1. The van der Waals surface area contributed by atoms with Gasteiger partial charge in [-0.2, -0.15) is 5.10 Å². The number of hydrogen-bond donors (Lipinski definition) is 1. The van der Waals surface area contributed by atoms with Gasteiger partial charge in [0.1, 0.15) is 6.61 Å². The Kier molecular flexibility index (Phi) is 7.46. The van der Waals surface area contributed by atoms with Gasteiger partial charge < -0.3 is 4.74 Å². The summed E-state index contributed by atoms with van der Waals surface area (Å²) >= 11 is 18.3. The van der Waals surface area contributed by atoms with Crippen LogP contribution in [0.2, 0.25) is 15.1 Å². The van der Waals surface area contributed by atoms with Gasteiger partial charge in [0, 0.05) is 22.7 Å². The van der Waals surface area contributed by atoms with Crippen molar-refractivity contribution < 1.29 is 14.5 Å². The molecule has 0 heterocycles.